The molecule has 23 heavy (non-hydrogen) atoms. The Morgan fingerprint density at radius 3 is 2.61 bits per heavy atom. The van der Waals surface area contributed by atoms with E-state index in [2.05, 4.69) is 10.6 Å². The van der Waals surface area contributed by atoms with Crippen LogP contribution in [-0.2, 0) is 4.79 Å². The minimum absolute atomic E-state index is 0.165. The van der Waals surface area contributed by atoms with E-state index in [1.807, 2.05) is 0 Å². The monoisotopic (exact) mass is 352 g/mol. The summed E-state index contributed by atoms with van der Waals surface area (Å²) >= 11 is 11.2. The molecule has 0 fully saturated rings. The van der Waals surface area contributed by atoms with Crippen molar-refractivity contribution < 1.29 is 19.1 Å². The number of hydrogen-bond acceptors (Lipinski definition) is 4. The lowest BCUT2D eigenvalue weighted by Crippen LogP contribution is -2.33. The first-order valence-corrected chi connectivity index (χ1v) is 7.43. The average molecular weight is 353 g/mol. The number of thiocarbonyl (C=S) groups is 1. The van der Waals surface area contributed by atoms with Gasteiger partial charge in [0.1, 0.15) is 5.76 Å². The number of halogens is 1. The Balaban J connectivity index is 2.15. The molecule has 0 aliphatic heterocycles. The summed E-state index contributed by atoms with van der Waals surface area (Å²) in [6, 6.07) is 7.84. The van der Waals surface area contributed by atoms with Gasteiger partial charge in [0.25, 0.3) is 0 Å². The first-order chi connectivity index (χ1) is 10.9. The number of anilines is 1. The fraction of sp³-hybridized carbons (Fsp3) is 0.133. The molecule has 1 amide bonds. The summed E-state index contributed by atoms with van der Waals surface area (Å²) in [6.07, 6.45) is 0.325. The average Bonchev–Trinajstić information content (AvgIpc) is 2.96. The highest BCUT2D eigenvalue weighted by Gasteiger charge is 2.13. The lowest BCUT2D eigenvalue weighted by molar-refractivity contribution is -0.119. The lowest BCUT2D eigenvalue weighted by atomic mass is 10.1. The van der Waals surface area contributed by atoms with Crippen LogP contribution in [0.2, 0.25) is 5.02 Å². The Kier molecular flexibility index (Phi) is 5.36. The minimum Gasteiger partial charge on any atom is -0.475 e. The number of carboxylic acid groups (broad SMARTS) is 1. The quantitative estimate of drug-likeness (QED) is 0.729. The maximum absolute atomic E-state index is 11.3. The number of carboxylic acids is 1. The molecule has 0 saturated heterocycles. The molecule has 2 rings (SSSR count). The van der Waals surface area contributed by atoms with Crippen LogP contribution in [0.3, 0.4) is 0 Å². The van der Waals surface area contributed by atoms with Crippen LogP contribution < -0.4 is 10.6 Å². The van der Waals surface area contributed by atoms with Crippen molar-refractivity contribution in [3.8, 4) is 11.3 Å². The standard InChI is InChI=1S/C15H13ClN2O4S/c1-2-13(19)18-15(23)17-8-3-4-9(10(16)7-8)11-5-6-12(22-11)14(20)21/h3-7H,2H2,1H3,(H,20,21)(H2,17,18,19,23). The van der Waals surface area contributed by atoms with Crippen molar-refractivity contribution in [3.63, 3.8) is 0 Å². The van der Waals surface area contributed by atoms with Crippen LogP contribution in [0.25, 0.3) is 11.3 Å². The van der Waals surface area contributed by atoms with Gasteiger partial charge in [0.15, 0.2) is 5.11 Å². The van der Waals surface area contributed by atoms with E-state index < -0.39 is 5.97 Å². The Morgan fingerprint density at radius 2 is 2.04 bits per heavy atom. The highest BCUT2D eigenvalue weighted by molar-refractivity contribution is 7.80. The molecule has 0 unspecified atom stereocenters. The van der Waals surface area contributed by atoms with Crippen molar-refractivity contribution in [3.05, 3.63) is 41.1 Å². The van der Waals surface area contributed by atoms with E-state index in [1.165, 1.54) is 12.1 Å². The zero-order valence-electron chi connectivity index (χ0n) is 12.1. The maximum atomic E-state index is 11.3. The molecule has 8 heteroatoms. The number of hydrogen-bond donors (Lipinski definition) is 3. The molecule has 120 valence electrons. The first kappa shape index (κ1) is 17.0. The van der Waals surface area contributed by atoms with E-state index in [9.17, 15) is 9.59 Å². The molecule has 3 N–H and O–H groups in total. The van der Waals surface area contributed by atoms with Gasteiger partial charge < -0.3 is 20.2 Å². The molecule has 2 aromatic rings. The molecule has 6 nitrogen and oxygen atoms in total. The summed E-state index contributed by atoms with van der Waals surface area (Å²) in [6.45, 7) is 1.72. The fourth-order valence-electron chi connectivity index (χ4n) is 1.77. The highest BCUT2D eigenvalue weighted by Crippen LogP contribution is 2.31. The zero-order valence-corrected chi connectivity index (χ0v) is 13.6. The summed E-state index contributed by atoms with van der Waals surface area (Å²) in [5.41, 5.74) is 1.14. The van der Waals surface area contributed by atoms with Gasteiger partial charge in [-0.25, -0.2) is 4.79 Å². The molecule has 0 aliphatic rings. The maximum Gasteiger partial charge on any atom is 0.371 e. The van der Waals surface area contributed by atoms with E-state index in [1.54, 1.807) is 25.1 Å². The lowest BCUT2D eigenvalue weighted by Gasteiger charge is -2.10. The normalized spacial score (nSPS) is 10.2. The Labute approximate surface area is 142 Å². The molecule has 0 radical (unpaired) electrons. The topological polar surface area (TPSA) is 91.6 Å². The van der Waals surface area contributed by atoms with Gasteiger partial charge in [0.2, 0.25) is 11.7 Å². The molecular formula is C15H13ClN2O4S. The largest absolute Gasteiger partial charge is 0.475 e. The molecule has 0 aliphatic carbocycles. The number of benzene rings is 1. The summed E-state index contributed by atoms with van der Waals surface area (Å²) in [5.74, 6) is -1.16. The summed E-state index contributed by atoms with van der Waals surface area (Å²) in [4.78, 5) is 22.1. The third-order valence-corrected chi connectivity index (χ3v) is 3.40. The third kappa shape index (κ3) is 4.30. The number of furan rings is 1. The minimum atomic E-state index is -1.15. The smallest absolute Gasteiger partial charge is 0.371 e. The molecular weight excluding hydrogens is 340 g/mol. The van der Waals surface area contributed by atoms with Crippen molar-refractivity contribution in [2.75, 3.05) is 5.32 Å². The number of rotatable bonds is 4. The van der Waals surface area contributed by atoms with Gasteiger partial charge in [-0.3, -0.25) is 4.79 Å². The second kappa shape index (κ2) is 7.26. The molecule has 0 spiro atoms. The second-order valence-electron chi connectivity index (χ2n) is 4.52. The summed E-state index contributed by atoms with van der Waals surface area (Å²) < 4.78 is 5.21. The molecule has 1 aromatic carbocycles. The highest BCUT2D eigenvalue weighted by atomic mass is 35.5. The van der Waals surface area contributed by atoms with Crippen LogP contribution in [0.5, 0.6) is 0 Å². The predicted octanol–water partition coefficient (Wildman–Crippen LogP) is 3.52. The van der Waals surface area contributed by atoms with E-state index in [0.29, 0.717) is 28.5 Å². The zero-order chi connectivity index (χ0) is 17.0. The van der Waals surface area contributed by atoms with E-state index in [4.69, 9.17) is 33.3 Å². The molecule has 0 atom stereocenters. The van der Waals surface area contributed by atoms with Gasteiger partial charge >= 0.3 is 5.97 Å². The van der Waals surface area contributed by atoms with E-state index in [0.717, 1.165) is 0 Å². The summed E-state index contributed by atoms with van der Waals surface area (Å²) in [7, 11) is 0. The van der Waals surface area contributed by atoms with Gasteiger partial charge in [0.05, 0.1) is 5.02 Å². The van der Waals surface area contributed by atoms with Crippen molar-refractivity contribution in [2.45, 2.75) is 13.3 Å². The molecule has 0 bridgehead atoms. The second-order valence-corrected chi connectivity index (χ2v) is 5.33. The van der Waals surface area contributed by atoms with Crippen LogP contribution in [0.4, 0.5) is 5.69 Å². The molecule has 1 heterocycles. The van der Waals surface area contributed by atoms with Gasteiger partial charge in [-0.2, -0.15) is 0 Å². The molecule has 1 aromatic heterocycles. The van der Waals surface area contributed by atoms with Crippen LogP contribution in [0, 0.1) is 0 Å². The Bertz CT molecular complexity index is 773. The Hall–Kier alpha value is -2.38. The Morgan fingerprint density at radius 1 is 1.30 bits per heavy atom. The number of amides is 1. The van der Waals surface area contributed by atoms with Crippen molar-refractivity contribution >= 4 is 46.5 Å². The van der Waals surface area contributed by atoms with Crippen LogP contribution in [0.1, 0.15) is 23.9 Å². The first-order valence-electron chi connectivity index (χ1n) is 6.64. The fourth-order valence-corrected chi connectivity index (χ4v) is 2.27. The third-order valence-electron chi connectivity index (χ3n) is 2.88. The SMILES string of the molecule is CCC(=O)NC(=S)Nc1ccc(-c2ccc(C(=O)O)o2)c(Cl)c1. The van der Waals surface area contributed by atoms with Crippen molar-refractivity contribution in [1.82, 2.24) is 5.32 Å². The van der Waals surface area contributed by atoms with Gasteiger partial charge in [-0.1, -0.05) is 18.5 Å². The molecule has 0 saturated carbocycles. The van der Waals surface area contributed by atoms with Crippen LogP contribution in [0.15, 0.2) is 34.7 Å². The van der Waals surface area contributed by atoms with Crippen molar-refractivity contribution in [2.24, 2.45) is 0 Å². The van der Waals surface area contributed by atoms with Crippen LogP contribution >= 0.6 is 23.8 Å². The van der Waals surface area contributed by atoms with Crippen LogP contribution in [-0.4, -0.2) is 22.1 Å². The number of carbonyl (C=O) groups is 2. The number of nitrogens with one attached hydrogen (secondary N) is 2. The summed E-state index contributed by atoms with van der Waals surface area (Å²) in [5, 5.41) is 14.7. The van der Waals surface area contributed by atoms with E-state index >= 15 is 0 Å². The van der Waals surface area contributed by atoms with Gasteiger partial charge in [0, 0.05) is 17.7 Å². The van der Waals surface area contributed by atoms with Gasteiger partial charge in [-0.05, 0) is 42.5 Å². The van der Waals surface area contributed by atoms with Gasteiger partial charge in [-0.15, -0.1) is 0 Å². The van der Waals surface area contributed by atoms with E-state index in [-0.39, 0.29) is 16.8 Å². The number of carbonyl (C=O) groups excluding carboxylic acids is 1. The van der Waals surface area contributed by atoms with Crippen molar-refractivity contribution in [1.29, 1.82) is 0 Å². The number of aromatic carboxylic acids is 1. The predicted molar refractivity (Wildman–Crippen MR) is 90.8 cm³/mol.